The predicted octanol–water partition coefficient (Wildman–Crippen LogP) is 0.802. The lowest BCUT2D eigenvalue weighted by molar-refractivity contribution is -0.0224. The Morgan fingerprint density at radius 2 is 2.04 bits per heavy atom. The maximum Gasteiger partial charge on any atom is 0.243 e. The summed E-state index contributed by atoms with van der Waals surface area (Å²) in [5, 5.41) is 18.2. The molecule has 0 aliphatic carbocycles. The van der Waals surface area contributed by atoms with Gasteiger partial charge in [-0.1, -0.05) is 17.3 Å². The summed E-state index contributed by atoms with van der Waals surface area (Å²) in [4.78, 5) is 0.305. The number of aliphatic hydroxyl groups is 1. The number of rotatable bonds is 4. The Balaban J connectivity index is 1.71. The van der Waals surface area contributed by atoms with Gasteiger partial charge in [-0.3, -0.25) is 0 Å². The zero-order chi connectivity index (χ0) is 16.5. The molecule has 7 nitrogen and oxygen atoms in total. The fourth-order valence-electron chi connectivity index (χ4n) is 2.84. The van der Waals surface area contributed by atoms with Crippen LogP contribution >= 0.6 is 0 Å². The number of sulfonamides is 1. The second-order valence-electron chi connectivity index (χ2n) is 6.05. The van der Waals surface area contributed by atoms with Crippen LogP contribution in [0.3, 0.4) is 0 Å². The van der Waals surface area contributed by atoms with Gasteiger partial charge < -0.3 is 5.11 Å². The second kappa shape index (κ2) is 6.03. The van der Waals surface area contributed by atoms with Crippen LogP contribution in [0, 0.1) is 6.92 Å². The Bertz CT molecular complexity index is 766. The second-order valence-corrected chi connectivity index (χ2v) is 7.98. The molecule has 1 aliphatic rings. The fraction of sp³-hybridized carbons (Fsp3) is 0.467. The van der Waals surface area contributed by atoms with Gasteiger partial charge in [-0.2, -0.15) is 4.31 Å². The SMILES string of the molecule is Cc1cccc(S(=O)(=O)N2CCC(O)(Cn3ccnn3)CC2)c1. The first-order chi connectivity index (χ1) is 10.9. The van der Waals surface area contributed by atoms with Gasteiger partial charge in [0.05, 0.1) is 23.2 Å². The summed E-state index contributed by atoms with van der Waals surface area (Å²) in [5.74, 6) is 0. The topological polar surface area (TPSA) is 88.3 Å². The molecule has 0 spiro atoms. The van der Waals surface area contributed by atoms with Gasteiger partial charge in [-0.05, 0) is 37.5 Å². The van der Waals surface area contributed by atoms with Gasteiger partial charge in [-0.25, -0.2) is 13.1 Å². The van der Waals surface area contributed by atoms with Crippen LogP contribution in [0.1, 0.15) is 18.4 Å². The molecule has 1 aromatic carbocycles. The smallest absolute Gasteiger partial charge is 0.243 e. The van der Waals surface area contributed by atoms with Crippen molar-refractivity contribution in [2.75, 3.05) is 13.1 Å². The lowest BCUT2D eigenvalue weighted by atomic mass is 9.92. The van der Waals surface area contributed by atoms with Gasteiger partial charge in [-0.15, -0.1) is 5.10 Å². The Kier molecular flexibility index (Phi) is 4.22. The lowest BCUT2D eigenvalue weighted by Gasteiger charge is -2.37. The minimum absolute atomic E-state index is 0.293. The molecule has 1 aromatic heterocycles. The Labute approximate surface area is 135 Å². The van der Waals surface area contributed by atoms with E-state index in [9.17, 15) is 13.5 Å². The van der Waals surface area contributed by atoms with E-state index in [2.05, 4.69) is 10.3 Å². The number of hydrogen-bond acceptors (Lipinski definition) is 5. The summed E-state index contributed by atoms with van der Waals surface area (Å²) in [6.07, 6.45) is 3.99. The van der Waals surface area contributed by atoms with E-state index < -0.39 is 15.6 Å². The molecule has 124 valence electrons. The van der Waals surface area contributed by atoms with Crippen LogP contribution in [0.25, 0.3) is 0 Å². The van der Waals surface area contributed by atoms with E-state index in [1.807, 2.05) is 13.0 Å². The van der Waals surface area contributed by atoms with Crippen LogP contribution < -0.4 is 0 Å². The van der Waals surface area contributed by atoms with Crippen molar-refractivity contribution >= 4 is 10.0 Å². The molecule has 1 N–H and O–H groups in total. The lowest BCUT2D eigenvalue weighted by Crippen LogP contribution is -2.48. The number of nitrogens with zero attached hydrogens (tertiary/aromatic N) is 4. The van der Waals surface area contributed by atoms with E-state index in [0.29, 0.717) is 37.4 Å². The highest BCUT2D eigenvalue weighted by atomic mass is 32.2. The third-order valence-electron chi connectivity index (χ3n) is 4.21. The number of aryl methyl sites for hydroxylation is 1. The van der Waals surface area contributed by atoms with Crippen molar-refractivity contribution in [3.8, 4) is 0 Å². The maximum atomic E-state index is 12.7. The van der Waals surface area contributed by atoms with Crippen LogP contribution in [0.5, 0.6) is 0 Å². The van der Waals surface area contributed by atoms with Crippen molar-refractivity contribution in [2.45, 2.75) is 36.8 Å². The Hall–Kier alpha value is -1.77. The van der Waals surface area contributed by atoms with E-state index in [4.69, 9.17) is 0 Å². The molecule has 0 atom stereocenters. The molecule has 2 aromatic rings. The number of aromatic nitrogens is 3. The molecule has 1 aliphatic heterocycles. The summed E-state index contributed by atoms with van der Waals surface area (Å²) in [7, 11) is -3.51. The first kappa shape index (κ1) is 16.1. The summed E-state index contributed by atoms with van der Waals surface area (Å²) in [6, 6.07) is 6.89. The van der Waals surface area contributed by atoms with Gasteiger partial charge >= 0.3 is 0 Å². The average Bonchev–Trinajstić information content (AvgIpc) is 3.00. The highest BCUT2D eigenvalue weighted by Crippen LogP contribution is 2.28. The third-order valence-corrected chi connectivity index (χ3v) is 6.10. The predicted molar refractivity (Wildman–Crippen MR) is 84.1 cm³/mol. The van der Waals surface area contributed by atoms with Crippen molar-refractivity contribution in [2.24, 2.45) is 0 Å². The van der Waals surface area contributed by atoms with Gasteiger partial charge in [0.2, 0.25) is 10.0 Å². The molecular formula is C15H20N4O3S. The van der Waals surface area contributed by atoms with Crippen LogP contribution in [0.2, 0.25) is 0 Å². The maximum absolute atomic E-state index is 12.7. The van der Waals surface area contributed by atoms with Crippen LogP contribution in [0.15, 0.2) is 41.6 Å². The molecular weight excluding hydrogens is 316 g/mol. The number of piperidine rings is 1. The molecule has 0 bridgehead atoms. The highest BCUT2D eigenvalue weighted by molar-refractivity contribution is 7.89. The zero-order valence-electron chi connectivity index (χ0n) is 13.0. The van der Waals surface area contributed by atoms with E-state index >= 15 is 0 Å². The standard InChI is InChI=1S/C15H20N4O3S/c1-13-3-2-4-14(11-13)23(21,22)19-8-5-15(20,6-9-19)12-18-10-7-16-17-18/h2-4,7,10-11,20H,5-6,8-9,12H2,1H3. The van der Waals surface area contributed by atoms with Crippen molar-refractivity contribution in [1.29, 1.82) is 0 Å². The Morgan fingerprint density at radius 3 is 2.65 bits per heavy atom. The third kappa shape index (κ3) is 3.44. The van der Waals surface area contributed by atoms with Crippen molar-refractivity contribution in [1.82, 2.24) is 19.3 Å². The summed E-state index contributed by atoms with van der Waals surface area (Å²) >= 11 is 0. The first-order valence-corrected chi connectivity index (χ1v) is 8.96. The fourth-order valence-corrected chi connectivity index (χ4v) is 4.39. The number of benzene rings is 1. The van der Waals surface area contributed by atoms with Gasteiger partial charge in [0.15, 0.2) is 0 Å². The largest absolute Gasteiger partial charge is 0.388 e. The van der Waals surface area contributed by atoms with E-state index in [1.54, 1.807) is 35.3 Å². The molecule has 3 rings (SSSR count). The molecule has 1 fully saturated rings. The molecule has 2 heterocycles. The molecule has 0 amide bonds. The highest BCUT2D eigenvalue weighted by Gasteiger charge is 2.37. The molecule has 0 radical (unpaired) electrons. The quantitative estimate of drug-likeness (QED) is 0.892. The molecule has 0 unspecified atom stereocenters. The Morgan fingerprint density at radius 1 is 1.30 bits per heavy atom. The van der Waals surface area contributed by atoms with Crippen molar-refractivity contribution in [3.63, 3.8) is 0 Å². The summed E-state index contributed by atoms with van der Waals surface area (Å²) in [6.45, 7) is 2.78. The van der Waals surface area contributed by atoms with Crippen LogP contribution in [0.4, 0.5) is 0 Å². The monoisotopic (exact) mass is 336 g/mol. The normalized spacial score (nSPS) is 18.9. The minimum atomic E-state index is -3.51. The number of hydrogen-bond donors (Lipinski definition) is 1. The average molecular weight is 336 g/mol. The van der Waals surface area contributed by atoms with Crippen molar-refractivity contribution < 1.29 is 13.5 Å². The molecule has 1 saturated heterocycles. The summed E-state index contributed by atoms with van der Waals surface area (Å²) in [5.41, 5.74) is -0.0439. The zero-order valence-corrected chi connectivity index (χ0v) is 13.8. The van der Waals surface area contributed by atoms with Crippen molar-refractivity contribution in [3.05, 3.63) is 42.2 Å². The minimum Gasteiger partial charge on any atom is -0.388 e. The van der Waals surface area contributed by atoms with E-state index in [-0.39, 0.29) is 0 Å². The van der Waals surface area contributed by atoms with Gasteiger partial charge in [0, 0.05) is 19.3 Å². The van der Waals surface area contributed by atoms with E-state index in [0.717, 1.165) is 5.56 Å². The van der Waals surface area contributed by atoms with Gasteiger partial charge in [0.1, 0.15) is 0 Å². The van der Waals surface area contributed by atoms with E-state index in [1.165, 1.54) is 4.31 Å². The molecule has 23 heavy (non-hydrogen) atoms. The summed E-state index contributed by atoms with van der Waals surface area (Å²) < 4.78 is 28.4. The van der Waals surface area contributed by atoms with Gasteiger partial charge in [0.25, 0.3) is 0 Å². The van der Waals surface area contributed by atoms with Crippen LogP contribution in [-0.4, -0.2) is 51.5 Å². The first-order valence-electron chi connectivity index (χ1n) is 7.52. The molecule has 0 saturated carbocycles. The van der Waals surface area contributed by atoms with Crippen LogP contribution in [-0.2, 0) is 16.6 Å². The molecule has 8 heteroatoms.